The highest BCUT2D eigenvalue weighted by Crippen LogP contribution is 2.33. The van der Waals surface area contributed by atoms with E-state index in [0.717, 1.165) is 44.9 Å². The normalized spacial score (nSPS) is 14.4. The van der Waals surface area contributed by atoms with Crippen LogP contribution < -0.4 is 25.3 Å². The first-order valence-corrected chi connectivity index (χ1v) is 19.9. The number of rotatable bonds is 15. The molecule has 0 unspecified atom stereocenters. The van der Waals surface area contributed by atoms with Crippen molar-refractivity contribution in [2.75, 3.05) is 83.2 Å². The monoisotopic (exact) mass is 640 g/mol. The standard InChI is InChI=1S/C32H48N6O4SSi/c1-23-9-11-26(44(6,7)20-19-43-5)22-24(23)21-25-10-12-27(42-25)29(39)34-28-30(40-3)35-32(36-31(28)41-4)33-13-8-14-38-17-15-37(2)16-18-38/h9-12,22H,8,13-21H2,1-7H3,(H,34,39)(H,33,35,36). The summed E-state index contributed by atoms with van der Waals surface area (Å²) in [4.78, 5) is 27.0. The van der Waals surface area contributed by atoms with Crippen LogP contribution in [-0.4, -0.2) is 106 Å². The Hall–Kier alpha value is -3.06. The maximum absolute atomic E-state index is 13.2. The molecule has 240 valence electrons. The van der Waals surface area contributed by atoms with E-state index in [1.54, 1.807) is 6.07 Å². The number of anilines is 2. The van der Waals surface area contributed by atoms with Gasteiger partial charge in [-0.3, -0.25) is 4.79 Å². The molecule has 3 heterocycles. The molecule has 1 aromatic carbocycles. The molecule has 4 rings (SSSR count). The van der Waals surface area contributed by atoms with E-state index in [0.29, 0.717) is 18.9 Å². The minimum Gasteiger partial charge on any atom is -0.479 e. The quantitative estimate of drug-likeness (QED) is 0.181. The predicted molar refractivity (Wildman–Crippen MR) is 183 cm³/mol. The van der Waals surface area contributed by atoms with Gasteiger partial charge in [0.2, 0.25) is 17.7 Å². The average molecular weight is 641 g/mol. The van der Waals surface area contributed by atoms with Gasteiger partial charge in [0.1, 0.15) is 5.76 Å². The molecule has 1 fully saturated rings. The summed E-state index contributed by atoms with van der Waals surface area (Å²) in [5.41, 5.74) is 2.68. The topological polar surface area (TPSA) is 105 Å². The van der Waals surface area contributed by atoms with Crippen molar-refractivity contribution in [3.8, 4) is 11.8 Å². The van der Waals surface area contributed by atoms with Gasteiger partial charge >= 0.3 is 0 Å². The molecule has 10 nitrogen and oxygen atoms in total. The van der Waals surface area contributed by atoms with Gasteiger partial charge < -0.3 is 34.3 Å². The fourth-order valence-corrected chi connectivity index (χ4v) is 9.46. The van der Waals surface area contributed by atoms with Gasteiger partial charge in [0.05, 0.1) is 22.3 Å². The summed E-state index contributed by atoms with van der Waals surface area (Å²) in [6, 6.07) is 11.6. The van der Waals surface area contributed by atoms with Crippen LogP contribution in [0.4, 0.5) is 11.6 Å². The van der Waals surface area contributed by atoms with Gasteiger partial charge in [-0.05, 0) is 68.2 Å². The molecule has 2 aromatic heterocycles. The minimum atomic E-state index is -1.53. The van der Waals surface area contributed by atoms with Gasteiger partial charge in [-0.15, -0.1) is 0 Å². The van der Waals surface area contributed by atoms with Crippen molar-refractivity contribution in [1.82, 2.24) is 19.8 Å². The Morgan fingerprint density at radius 3 is 2.43 bits per heavy atom. The maximum atomic E-state index is 13.2. The molecule has 44 heavy (non-hydrogen) atoms. The van der Waals surface area contributed by atoms with Crippen molar-refractivity contribution in [1.29, 1.82) is 0 Å². The lowest BCUT2D eigenvalue weighted by Crippen LogP contribution is -2.44. The highest BCUT2D eigenvalue weighted by molar-refractivity contribution is 7.98. The van der Waals surface area contributed by atoms with E-state index in [2.05, 4.69) is 81.9 Å². The lowest BCUT2D eigenvalue weighted by atomic mass is 10.0. The molecule has 1 aliphatic heterocycles. The van der Waals surface area contributed by atoms with Crippen molar-refractivity contribution in [3.05, 3.63) is 53.0 Å². The summed E-state index contributed by atoms with van der Waals surface area (Å²) in [5.74, 6) is 2.46. The first-order valence-electron chi connectivity index (χ1n) is 15.3. The van der Waals surface area contributed by atoms with Crippen LogP contribution in [-0.2, 0) is 6.42 Å². The smallest absolute Gasteiger partial charge is 0.291 e. The number of amides is 1. The summed E-state index contributed by atoms with van der Waals surface area (Å²) < 4.78 is 17.0. The molecule has 1 saturated heterocycles. The van der Waals surface area contributed by atoms with E-state index in [9.17, 15) is 4.79 Å². The number of nitrogens with one attached hydrogen (secondary N) is 2. The second kappa shape index (κ2) is 15.8. The summed E-state index contributed by atoms with van der Waals surface area (Å²) in [7, 11) is 3.63. The summed E-state index contributed by atoms with van der Waals surface area (Å²) in [6.07, 6.45) is 3.74. The van der Waals surface area contributed by atoms with E-state index in [-0.39, 0.29) is 23.2 Å². The van der Waals surface area contributed by atoms with Gasteiger partial charge in [-0.1, -0.05) is 36.5 Å². The number of carbonyl (C=O) groups is 1. The van der Waals surface area contributed by atoms with Crippen LogP contribution in [0.3, 0.4) is 0 Å². The zero-order valence-corrected chi connectivity index (χ0v) is 29.1. The molecule has 0 aliphatic carbocycles. The lowest BCUT2D eigenvalue weighted by Gasteiger charge is -2.32. The third-order valence-corrected chi connectivity index (χ3v) is 12.7. The van der Waals surface area contributed by atoms with Crippen LogP contribution in [0.25, 0.3) is 0 Å². The minimum absolute atomic E-state index is 0.193. The van der Waals surface area contributed by atoms with Crippen molar-refractivity contribution in [3.63, 3.8) is 0 Å². The second-order valence-electron chi connectivity index (χ2n) is 12.0. The molecule has 1 amide bonds. The molecule has 12 heteroatoms. The number of hydrogen-bond donors (Lipinski definition) is 2. The molecule has 2 N–H and O–H groups in total. The SMILES string of the molecule is COc1nc(NCCCN2CCN(C)CC2)nc(OC)c1NC(=O)c1ccc(Cc2cc([Si](C)(C)CCSC)ccc2C)o1. The molecule has 0 radical (unpaired) electrons. The van der Waals surface area contributed by atoms with E-state index in [1.165, 1.54) is 42.3 Å². The number of piperazine rings is 1. The predicted octanol–water partition coefficient (Wildman–Crippen LogP) is 4.57. The van der Waals surface area contributed by atoms with Crippen LogP contribution in [0.1, 0.15) is 33.9 Å². The number of furan rings is 1. The third kappa shape index (κ3) is 8.99. The van der Waals surface area contributed by atoms with Gasteiger partial charge in [0.15, 0.2) is 11.4 Å². The molecule has 0 spiro atoms. The van der Waals surface area contributed by atoms with Crippen LogP contribution >= 0.6 is 11.8 Å². The number of hydrogen-bond acceptors (Lipinski definition) is 10. The zero-order valence-electron chi connectivity index (χ0n) is 27.3. The van der Waals surface area contributed by atoms with Crippen molar-refractivity contribution < 1.29 is 18.7 Å². The van der Waals surface area contributed by atoms with E-state index >= 15 is 0 Å². The van der Waals surface area contributed by atoms with Gasteiger partial charge in [0.25, 0.3) is 5.91 Å². The number of aryl methyl sites for hydroxylation is 1. The Morgan fingerprint density at radius 1 is 1.07 bits per heavy atom. The van der Waals surface area contributed by atoms with E-state index in [4.69, 9.17) is 13.9 Å². The first kappa shape index (κ1) is 33.8. The Kier molecular flexibility index (Phi) is 12.1. The molecule has 0 bridgehead atoms. The summed E-state index contributed by atoms with van der Waals surface area (Å²) >= 11 is 1.91. The zero-order chi connectivity index (χ0) is 31.7. The van der Waals surface area contributed by atoms with Crippen molar-refractivity contribution in [2.24, 2.45) is 0 Å². The molecule has 3 aromatic rings. The van der Waals surface area contributed by atoms with E-state index in [1.807, 2.05) is 17.8 Å². The average Bonchev–Trinajstić information content (AvgIpc) is 3.49. The Bertz CT molecular complexity index is 1370. The van der Waals surface area contributed by atoms with Gasteiger partial charge in [-0.25, -0.2) is 0 Å². The number of ether oxygens (including phenoxy) is 2. The number of thioether (sulfide) groups is 1. The Morgan fingerprint density at radius 2 is 1.77 bits per heavy atom. The molecule has 0 atom stereocenters. The number of benzene rings is 1. The van der Waals surface area contributed by atoms with Crippen LogP contribution in [0.2, 0.25) is 19.1 Å². The molecule has 1 aliphatic rings. The highest BCUT2D eigenvalue weighted by Gasteiger charge is 2.24. The van der Waals surface area contributed by atoms with Gasteiger partial charge in [0, 0.05) is 39.1 Å². The number of nitrogens with zero attached hydrogens (tertiary/aromatic N) is 4. The van der Waals surface area contributed by atoms with E-state index < -0.39 is 14.0 Å². The molecular formula is C32H48N6O4SSi. The summed E-state index contributed by atoms with van der Waals surface area (Å²) in [5, 5.41) is 7.54. The molecular weight excluding hydrogens is 593 g/mol. The van der Waals surface area contributed by atoms with Crippen LogP contribution in [0.15, 0.2) is 34.7 Å². The van der Waals surface area contributed by atoms with Crippen molar-refractivity contribution >= 4 is 42.6 Å². The number of likely N-dealkylation sites (N-methyl/N-ethyl adjacent to an activating group) is 1. The fraction of sp³-hybridized carbons (Fsp3) is 0.531. The fourth-order valence-electron chi connectivity index (χ4n) is 5.22. The number of carbonyl (C=O) groups excluding carboxylic acids is 1. The number of aromatic nitrogens is 2. The lowest BCUT2D eigenvalue weighted by molar-refractivity contribution is 0.0994. The maximum Gasteiger partial charge on any atom is 0.291 e. The molecule has 0 saturated carbocycles. The first-order chi connectivity index (χ1) is 21.1. The van der Waals surface area contributed by atoms with Crippen LogP contribution in [0.5, 0.6) is 11.8 Å². The van der Waals surface area contributed by atoms with Gasteiger partial charge in [-0.2, -0.15) is 21.7 Å². The Labute approximate surface area is 267 Å². The third-order valence-electron chi connectivity index (χ3n) is 8.31. The second-order valence-corrected chi connectivity index (χ2v) is 17.9. The highest BCUT2D eigenvalue weighted by atomic mass is 32.2. The van der Waals surface area contributed by atoms with Crippen molar-refractivity contribution in [2.45, 2.75) is 38.9 Å². The Balaban J connectivity index is 1.39. The number of methoxy groups -OCH3 is 2. The largest absolute Gasteiger partial charge is 0.479 e. The summed E-state index contributed by atoms with van der Waals surface area (Å²) in [6.45, 7) is 13.1. The van der Waals surface area contributed by atoms with Crippen LogP contribution in [0, 0.1) is 6.92 Å².